The van der Waals surface area contributed by atoms with E-state index < -0.39 is 0 Å². The number of benzene rings is 2. The monoisotopic (exact) mass is 425 g/mol. The van der Waals surface area contributed by atoms with E-state index in [1.54, 1.807) is 47.0 Å². The average Bonchev–Trinajstić information content (AvgIpc) is 3.47. The molecule has 0 aliphatic rings. The molecule has 5 rings (SSSR count). The molecule has 0 spiro atoms. The fourth-order valence-corrected chi connectivity index (χ4v) is 4.01. The van der Waals surface area contributed by atoms with E-state index in [-0.39, 0.29) is 11.6 Å². The Morgan fingerprint density at radius 3 is 2.62 bits per heavy atom. The minimum atomic E-state index is -0.360. The first-order valence-corrected chi connectivity index (χ1v) is 10.2. The second-order valence-electron chi connectivity index (χ2n) is 7.46. The second-order valence-corrected chi connectivity index (χ2v) is 7.46. The van der Waals surface area contributed by atoms with Gasteiger partial charge in [0.2, 0.25) is 0 Å². The maximum absolute atomic E-state index is 14.0. The molecule has 6 heteroatoms. The lowest BCUT2D eigenvalue weighted by Crippen LogP contribution is -2.02. The molecule has 0 amide bonds. The van der Waals surface area contributed by atoms with Crippen LogP contribution in [0.25, 0.3) is 34.1 Å². The van der Waals surface area contributed by atoms with E-state index in [1.807, 2.05) is 35.8 Å². The zero-order valence-electron chi connectivity index (χ0n) is 17.5. The quantitative estimate of drug-likeness (QED) is 0.188. The maximum Gasteiger partial charge on any atom is 0.191 e. The lowest BCUT2D eigenvalue weighted by molar-refractivity contribution is 0.104. The molecule has 3 heterocycles. The Hall–Kier alpha value is -4.19. The van der Waals surface area contributed by atoms with Gasteiger partial charge in [-0.05, 0) is 55.5 Å². The zero-order valence-corrected chi connectivity index (χ0v) is 17.5. The van der Waals surface area contributed by atoms with Gasteiger partial charge in [-0.2, -0.15) is 5.10 Å². The molecule has 0 unspecified atom stereocenters. The predicted molar refractivity (Wildman–Crippen MR) is 123 cm³/mol. The first-order chi connectivity index (χ1) is 15.6. The number of carbonyl (C=O) groups is 1. The van der Waals surface area contributed by atoms with Gasteiger partial charge in [-0.25, -0.2) is 8.91 Å². The van der Waals surface area contributed by atoms with Crippen molar-refractivity contribution in [3.63, 3.8) is 0 Å². The fraction of sp³-hybridized carbons (Fsp3) is 0.0769. The molecule has 0 N–H and O–H groups in total. The highest BCUT2D eigenvalue weighted by molar-refractivity contribution is 6.12. The van der Waals surface area contributed by atoms with Gasteiger partial charge in [0, 0.05) is 6.54 Å². The SMILES string of the molecule is C=CCn1c2ccccc2n2nc(C)c(C(=O)C=Cc3ccc(-c4ccccc4F)o3)c12. The summed E-state index contributed by atoms with van der Waals surface area (Å²) in [5.74, 6) is 0.325. The van der Waals surface area contributed by atoms with Crippen molar-refractivity contribution in [2.24, 2.45) is 0 Å². The van der Waals surface area contributed by atoms with Crippen LogP contribution in [-0.4, -0.2) is 20.0 Å². The van der Waals surface area contributed by atoms with Crippen molar-refractivity contribution in [1.82, 2.24) is 14.2 Å². The van der Waals surface area contributed by atoms with E-state index in [2.05, 4.69) is 11.7 Å². The predicted octanol–water partition coefficient (Wildman–Crippen LogP) is 6.08. The minimum Gasteiger partial charge on any atom is -0.457 e. The van der Waals surface area contributed by atoms with Crippen LogP contribution < -0.4 is 0 Å². The van der Waals surface area contributed by atoms with Gasteiger partial charge in [-0.1, -0.05) is 30.3 Å². The van der Waals surface area contributed by atoms with Gasteiger partial charge in [0.25, 0.3) is 0 Å². The summed E-state index contributed by atoms with van der Waals surface area (Å²) in [6, 6.07) is 17.7. The third-order valence-corrected chi connectivity index (χ3v) is 5.42. The van der Waals surface area contributed by atoms with Gasteiger partial charge in [0.15, 0.2) is 5.78 Å². The van der Waals surface area contributed by atoms with Crippen LogP contribution in [0.2, 0.25) is 0 Å². The molecule has 0 saturated heterocycles. The summed E-state index contributed by atoms with van der Waals surface area (Å²) in [5.41, 5.74) is 4.18. The lowest BCUT2D eigenvalue weighted by atomic mass is 10.1. The van der Waals surface area contributed by atoms with Crippen molar-refractivity contribution in [3.8, 4) is 11.3 Å². The third kappa shape index (κ3) is 3.17. The van der Waals surface area contributed by atoms with E-state index in [0.29, 0.717) is 34.9 Å². The molecular formula is C26H20FN3O2. The molecule has 3 aromatic heterocycles. The van der Waals surface area contributed by atoms with Crippen LogP contribution in [0.15, 0.2) is 83.8 Å². The Morgan fingerprint density at radius 2 is 1.84 bits per heavy atom. The number of rotatable bonds is 6. The molecule has 0 radical (unpaired) electrons. The lowest BCUT2D eigenvalue weighted by Gasteiger charge is -2.03. The molecule has 158 valence electrons. The number of fused-ring (bicyclic) bond motifs is 3. The number of para-hydroxylation sites is 2. The number of ketones is 1. The van der Waals surface area contributed by atoms with Gasteiger partial charge in [0.1, 0.15) is 23.0 Å². The van der Waals surface area contributed by atoms with Crippen LogP contribution in [0, 0.1) is 12.7 Å². The van der Waals surface area contributed by atoms with Crippen LogP contribution in [0.1, 0.15) is 21.8 Å². The molecule has 2 aromatic carbocycles. The van der Waals surface area contributed by atoms with Crippen LogP contribution in [0.3, 0.4) is 0 Å². The number of aromatic nitrogens is 3. The third-order valence-electron chi connectivity index (χ3n) is 5.42. The number of hydrogen-bond donors (Lipinski definition) is 0. The van der Waals surface area contributed by atoms with E-state index >= 15 is 0 Å². The number of aryl methyl sites for hydroxylation is 1. The van der Waals surface area contributed by atoms with Crippen LogP contribution in [0.4, 0.5) is 4.39 Å². The Bertz CT molecular complexity index is 1520. The second kappa shape index (κ2) is 7.81. The molecule has 0 aliphatic carbocycles. The van der Waals surface area contributed by atoms with E-state index in [0.717, 1.165) is 16.7 Å². The summed E-state index contributed by atoms with van der Waals surface area (Å²) in [5, 5.41) is 4.62. The van der Waals surface area contributed by atoms with Gasteiger partial charge in [-0.3, -0.25) is 4.79 Å². The Morgan fingerprint density at radius 1 is 1.09 bits per heavy atom. The fourth-order valence-electron chi connectivity index (χ4n) is 4.01. The molecule has 5 nitrogen and oxygen atoms in total. The maximum atomic E-state index is 14.0. The first kappa shape index (κ1) is 19.8. The largest absolute Gasteiger partial charge is 0.457 e. The number of furan rings is 1. The highest BCUT2D eigenvalue weighted by Crippen LogP contribution is 2.28. The summed E-state index contributed by atoms with van der Waals surface area (Å²) in [6.07, 6.45) is 4.85. The number of imidazole rings is 1. The van der Waals surface area contributed by atoms with Crippen molar-refractivity contribution in [2.75, 3.05) is 0 Å². The van der Waals surface area contributed by atoms with Crippen molar-refractivity contribution >= 4 is 28.5 Å². The van der Waals surface area contributed by atoms with Crippen LogP contribution in [0.5, 0.6) is 0 Å². The van der Waals surface area contributed by atoms with E-state index in [1.165, 1.54) is 12.1 Å². The standard InChI is InChI=1S/C26H20FN3O2/c1-3-16-29-21-10-6-7-11-22(21)30-26(29)25(17(2)28-30)23(31)14-12-18-13-15-24(32-18)19-8-4-5-9-20(19)27/h3-15H,1,16H2,2H3. The molecule has 0 aliphatic heterocycles. The zero-order chi connectivity index (χ0) is 22.2. The van der Waals surface area contributed by atoms with Crippen molar-refractivity contribution < 1.29 is 13.6 Å². The Kier molecular flexibility index (Phi) is 4.82. The van der Waals surface area contributed by atoms with Gasteiger partial charge < -0.3 is 8.98 Å². The van der Waals surface area contributed by atoms with Crippen molar-refractivity contribution in [1.29, 1.82) is 0 Å². The number of hydrogen-bond acceptors (Lipinski definition) is 3. The van der Waals surface area contributed by atoms with Crippen LogP contribution >= 0.6 is 0 Å². The first-order valence-electron chi connectivity index (χ1n) is 10.2. The molecule has 0 bridgehead atoms. The molecule has 32 heavy (non-hydrogen) atoms. The highest BCUT2D eigenvalue weighted by atomic mass is 19.1. The summed E-state index contributed by atoms with van der Waals surface area (Å²) < 4.78 is 23.6. The summed E-state index contributed by atoms with van der Waals surface area (Å²) in [4.78, 5) is 13.2. The van der Waals surface area contributed by atoms with E-state index in [4.69, 9.17) is 4.42 Å². The minimum absolute atomic E-state index is 0.186. The molecular weight excluding hydrogens is 405 g/mol. The molecule has 0 fully saturated rings. The molecule has 0 saturated carbocycles. The van der Waals surface area contributed by atoms with E-state index in [9.17, 15) is 9.18 Å². The molecule has 5 aromatic rings. The Balaban J connectivity index is 1.53. The number of carbonyl (C=O) groups excluding carboxylic acids is 1. The summed E-state index contributed by atoms with van der Waals surface area (Å²) in [6.45, 7) is 6.23. The normalized spacial score (nSPS) is 11.7. The summed E-state index contributed by atoms with van der Waals surface area (Å²) in [7, 11) is 0. The average molecular weight is 425 g/mol. The van der Waals surface area contributed by atoms with Gasteiger partial charge in [0.05, 0.1) is 27.9 Å². The smallest absolute Gasteiger partial charge is 0.191 e. The molecule has 0 atom stereocenters. The van der Waals surface area contributed by atoms with Gasteiger partial charge in [-0.15, -0.1) is 6.58 Å². The Labute approximate surface area is 183 Å². The van der Waals surface area contributed by atoms with Crippen molar-refractivity contribution in [3.05, 3.63) is 102 Å². The topological polar surface area (TPSA) is 52.4 Å². The number of halogens is 1. The van der Waals surface area contributed by atoms with Crippen molar-refractivity contribution in [2.45, 2.75) is 13.5 Å². The number of nitrogens with zero attached hydrogens (tertiary/aromatic N) is 3. The van der Waals surface area contributed by atoms with Crippen LogP contribution in [-0.2, 0) is 6.54 Å². The number of allylic oxidation sites excluding steroid dienone is 2. The summed E-state index contributed by atoms with van der Waals surface area (Å²) >= 11 is 0. The van der Waals surface area contributed by atoms with Gasteiger partial charge >= 0.3 is 0 Å². The highest BCUT2D eigenvalue weighted by Gasteiger charge is 2.22.